The molecule has 0 atom stereocenters. The highest BCUT2D eigenvalue weighted by Crippen LogP contribution is 2.34. The van der Waals surface area contributed by atoms with Crippen molar-refractivity contribution in [1.82, 2.24) is 0 Å². The number of methoxy groups -OCH3 is 2. The van der Waals surface area contributed by atoms with Crippen LogP contribution in [0.4, 0.5) is 8.78 Å². The van der Waals surface area contributed by atoms with Crippen LogP contribution in [0.25, 0.3) is 0 Å². The van der Waals surface area contributed by atoms with Crippen molar-refractivity contribution in [2.24, 2.45) is 5.73 Å². The standard InChI is InChI=1S/C11H13F2NO4/c1-16-9-7(6-14)4-3-5-8(9)18-11(12,13)10(15)17-2/h3-5H,6,14H2,1-2H3. The predicted octanol–water partition coefficient (Wildman–Crippen LogP) is 1.30. The van der Waals surface area contributed by atoms with Crippen molar-refractivity contribution in [1.29, 1.82) is 0 Å². The summed E-state index contributed by atoms with van der Waals surface area (Å²) in [5.41, 5.74) is 5.91. The van der Waals surface area contributed by atoms with Gasteiger partial charge in [0.15, 0.2) is 11.5 Å². The topological polar surface area (TPSA) is 70.8 Å². The monoisotopic (exact) mass is 261 g/mol. The fourth-order valence-corrected chi connectivity index (χ4v) is 1.33. The van der Waals surface area contributed by atoms with Crippen LogP contribution in [0.3, 0.4) is 0 Å². The molecule has 0 saturated heterocycles. The van der Waals surface area contributed by atoms with Gasteiger partial charge < -0.3 is 19.9 Å². The van der Waals surface area contributed by atoms with Crippen molar-refractivity contribution in [3.63, 3.8) is 0 Å². The minimum absolute atomic E-state index is 0.0589. The Morgan fingerprint density at radius 2 is 2.06 bits per heavy atom. The van der Waals surface area contributed by atoms with Gasteiger partial charge in [0.2, 0.25) is 0 Å². The number of hydrogen-bond donors (Lipinski definition) is 1. The Kier molecular flexibility index (Phi) is 4.43. The molecule has 18 heavy (non-hydrogen) atoms. The Labute approximate surface area is 102 Å². The average Bonchev–Trinajstić information content (AvgIpc) is 2.36. The molecule has 7 heteroatoms. The number of halogens is 2. The summed E-state index contributed by atoms with van der Waals surface area (Å²) in [6.45, 7) is 0.0875. The zero-order valence-corrected chi connectivity index (χ0v) is 9.91. The molecule has 2 N–H and O–H groups in total. The summed E-state index contributed by atoms with van der Waals surface area (Å²) in [4.78, 5) is 10.8. The molecule has 0 unspecified atom stereocenters. The maximum atomic E-state index is 13.3. The van der Waals surface area contributed by atoms with Crippen LogP contribution in [-0.2, 0) is 16.1 Å². The molecule has 0 heterocycles. The molecular formula is C11H13F2NO4. The Morgan fingerprint density at radius 3 is 2.56 bits per heavy atom. The molecule has 0 radical (unpaired) electrons. The minimum atomic E-state index is -4.09. The zero-order chi connectivity index (χ0) is 13.8. The Bertz CT molecular complexity index is 437. The van der Waals surface area contributed by atoms with Gasteiger partial charge in [-0.1, -0.05) is 12.1 Å². The Morgan fingerprint density at radius 1 is 1.39 bits per heavy atom. The van der Waals surface area contributed by atoms with Gasteiger partial charge in [0.25, 0.3) is 0 Å². The highest BCUT2D eigenvalue weighted by Gasteiger charge is 2.44. The summed E-state index contributed by atoms with van der Waals surface area (Å²) in [6, 6.07) is 4.31. The zero-order valence-electron chi connectivity index (χ0n) is 9.91. The third-order valence-electron chi connectivity index (χ3n) is 2.15. The number of carbonyl (C=O) groups is 1. The van der Waals surface area contributed by atoms with Crippen LogP contribution in [-0.4, -0.2) is 26.3 Å². The fourth-order valence-electron chi connectivity index (χ4n) is 1.33. The van der Waals surface area contributed by atoms with Crippen molar-refractivity contribution in [3.8, 4) is 11.5 Å². The number of ether oxygens (including phenoxy) is 3. The van der Waals surface area contributed by atoms with E-state index in [9.17, 15) is 13.6 Å². The number of benzene rings is 1. The van der Waals surface area contributed by atoms with Crippen molar-refractivity contribution >= 4 is 5.97 Å². The van der Waals surface area contributed by atoms with E-state index in [4.69, 9.17) is 10.5 Å². The van der Waals surface area contributed by atoms with Gasteiger partial charge in [0.1, 0.15) is 0 Å². The second kappa shape index (κ2) is 5.63. The highest BCUT2D eigenvalue weighted by atomic mass is 19.3. The molecule has 1 aromatic carbocycles. The van der Waals surface area contributed by atoms with Crippen LogP contribution in [0.1, 0.15) is 5.56 Å². The van der Waals surface area contributed by atoms with E-state index < -0.39 is 12.1 Å². The fraction of sp³-hybridized carbons (Fsp3) is 0.364. The third-order valence-corrected chi connectivity index (χ3v) is 2.15. The van der Waals surface area contributed by atoms with E-state index in [1.165, 1.54) is 19.2 Å². The largest absolute Gasteiger partial charge is 0.502 e. The molecule has 0 amide bonds. The normalized spacial score (nSPS) is 10.9. The average molecular weight is 261 g/mol. The van der Waals surface area contributed by atoms with Crippen molar-refractivity contribution in [3.05, 3.63) is 23.8 Å². The smallest absolute Gasteiger partial charge is 0.493 e. The van der Waals surface area contributed by atoms with Crippen molar-refractivity contribution in [2.45, 2.75) is 12.7 Å². The van der Waals surface area contributed by atoms with Gasteiger partial charge in [0, 0.05) is 12.1 Å². The van der Waals surface area contributed by atoms with E-state index in [0.717, 1.165) is 7.11 Å². The van der Waals surface area contributed by atoms with E-state index in [0.29, 0.717) is 5.56 Å². The van der Waals surface area contributed by atoms with Gasteiger partial charge in [-0.2, -0.15) is 8.78 Å². The highest BCUT2D eigenvalue weighted by molar-refractivity contribution is 5.76. The van der Waals surface area contributed by atoms with Crippen molar-refractivity contribution < 1.29 is 27.8 Å². The van der Waals surface area contributed by atoms with Crippen LogP contribution in [0, 0.1) is 0 Å². The molecule has 0 saturated carbocycles. The van der Waals surface area contributed by atoms with Crippen LogP contribution in [0.15, 0.2) is 18.2 Å². The Balaban J connectivity index is 3.07. The van der Waals surface area contributed by atoms with E-state index in [1.807, 2.05) is 0 Å². The van der Waals surface area contributed by atoms with Crippen molar-refractivity contribution in [2.75, 3.05) is 14.2 Å². The van der Waals surface area contributed by atoms with Gasteiger partial charge in [-0.15, -0.1) is 0 Å². The number of carbonyl (C=O) groups excluding carboxylic acids is 1. The lowest BCUT2D eigenvalue weighted by Gasteiger charge is -2.18. The van der Waals surface area contributed by atoms with Gasteiger partial charge in [-0.25, -0.2) is 4.79 Å². The number of alkyl halides is 2. The van der Waals surface area contributed by atoms with Crippen LogP contribution in [0.5, 0.6) is 11.5 Å². The lowest BCUT2D eigenvalue weighted by Crippen LogP contribution is -2.36. The molecule has 0 fully saturated rings. The second-order valence-electron chi connectivity index (χ2n) is 3.26. The summed E-state index contributed by atoms with van der Waals surface area (Å²) >= 11 is 0. The van der Waals surface area contributed by atoms with E-state index in [-0.39, 0.29) is 18.0 Å². The van der Waals surface area contributed by atoms with Gasteiger partial charge in [0.05, 0.1) is 14.2 Å². The van der Waals surface area contributed by atoms with Crippen LogP contribution < -0.4 is 15.2 Å². The number of rotatable bonds is 5. The molecule has 0 aliphatic heterocycles. The summed E-state index contributed by atoms with van der Waals surface area (Å²) in [7, 11) is 2.13. The van der Waals surface area contributed by atoms with Crippen LogP contribution in [0.2, 0.25) is 0 Å². The lowest BCUT2D eigenvalue weighted by atomic mass is 10.2. The van der Waals surface area contributed by atoms with E-state index >= 15 is 0 Å². The molecule has 100 valence electrons. The van der Waals surface area contributed by atoms with Gasteiger partial charge in [-0.05, 0) is 6.07 Å². The number of hydrogen-bond acceptors (Lipinski definition) is 5. The quantitative estimate of drug-likeness (QED) is 0.809. The maximum absolute atomic E-state index is 13.3. The first-order chi connectivity index (χ1) is 8.46. The number of para-hydroxylation sites is 1. The molecule has 0 aliphatic carbocycles. The second-order valence-corrected chi connectivity index (χ2v) is 3.26. The first kappa shape index (κ1) is 14.2. The summed E-state index contributed by atoms with van der Waals surface area (Å²) in [6.07, 6.45) is -4.09. The molecule has 0 spiro atoms. The summed E-state index contributed by atoms with van der Waals surface area (Å²) in [5, 5.41) is 0. The summed E-state index contributed by atoms with van der Waals surface area (Å²) in [5.74, 6) is -2.01. The predicted molar refractivity (Wildman–Crippen MR) is 58.5 cm³/mol. The number of nitrogens with two attached hydrogens (primary N) is 1. The molecule has 5 nitrogen and oxygen atoms in total. The first-order valence-corrected chi connectivity index (χ1v) is 4.97. The molecule has 1 rings (SSSR count). The maximum Gasteiger partial charge on any atom is 0.502 e. The summed E-state index contributed by atoms with van der Waals surface area (Å²) < 4.78 is 39.7. The lowest BCUT2D eigenvalue weighted by molar-refractivity contribution is -0.214. The third kappa shape index (κ3) is 2.86. The molecule has 0 bridgehead atoms. The first-order valence-electron chi connectivity index (χ1n) is 4.97. The molecule has 0 aliphatic rings. The van der Waals surface area contributed by atoms with Crippen LogP contribution >= 0.6 is 0 Å². The molecule has 0 aromatic heterocycles. The SMILES string of the molecule is COC(=O)C(F)(F)Oc1cccc(CN)c1OC. The van der Waals surface area contributed by atoms with Gasteiger partial charge >= 0.3 is 12.1 Å². The van der Waals surface area contributed by atoms with E-state index in [2.05, 4.69) is 9.47 Å². The van der Waals surface area contributed by atoms with E-state index in [1.54, 1.807) is 6.07 Å². The molecular weight excluding hydrogens is 248 g/mol. The minimum Gasteiger partial charge on any atom is -0.493 e. The molecule has 1 aromatic rings. The Hall–Kier alpha value is -1.89. The van der Waals surface area contributed by atoms with Gasteiger partial charge in [-0.3, -0.25) is 0 Å². The number of esters is 1.